The molecule has 0 aromatic heterocycles. The molecular formula is C20H24N2OS. The number of aryl methyl sites for hydroxylation is 3. The molecule has 2 aromatic carbocycles. The average Bonchev–Trinajstić information content (AvgIpc) is 2.56. The highest BCUT2D eigenvalue weighted by molar-refractivity contribution is 7.80. The summed E-state index contributed by atoms with van der Waals surface area (Å²) in [4.78, 5) is 12.2. The molecule has 4 heteroatoms. The van der Waals surface area contributed by atoms with Gasteiger partial charge in [0.05, 0.1) is 0 Å². The van der Waals surface area contributed by atoms with Gasteiger partial charge in [0.15, 0.2) is 5.11 Å². The number of hydrogen-bond donors (Lipinski definition) is 2. The number of amides is 1. The minimum absolute atomic E-state index is 0.199. The van der Waals surface area contributed by atoms with Gasteiger partial charge in [-0.25, -0.2) is 0 Å². The molecule has 0 aliphatic heterocycles. The Balaban J connectivity index is 1.92. The monoisotopic (exact) mass is 340 g/mol. The van der Waals surface area contributed by atoms with Gasteiger partial charge in [-0.1, -0.05) is 31.5 Å². The van der Waals surface area contributed by atoms with Gasteiger partial charge < -0.3 is 5.32 Å². The highest BCUT2D eigenvalue weighted by Gasteiger charge is 2.09. The molecule has 24 heavy (non-hydrogen) atoms. The molecule has 0 fully saturated rings. The Kier molecular flexibility index (Phi) is 6.50. The number of thiocarbonyl (C=S) groups is 1. The zero-order valence-corrected chi connectivity index (χ0v) is 15.3. The van der Waals surface area contributed by atoms with Crippen LogP contribution in [-0.4, -0.2) is 11.0 Å². The quantitative estimate of drug-likeness (QED) is 0.770. The van der Waals surface area contributed by atoms with Crippen molar-refractivity contribution in [1.29, 1.82) is 0 Å². The standard InChI is InChI=1S/C20H24N2OS/c1-4-5-6-16-8-11-18(12-9-16)21-20(24)22-19(23)17-10-7-14(2)15(3)13-17/h7-13H,4-6H2,1-3H3,(H2,21,22,23,24). The molecule has 0 aliphatic carbocycles. The summed E-state index contributed by atoms with van der Waals surface area (Å²) in [6, 6.07) is 13.8. The van der Waals surface area contributed by atoms with Crippen LogP contribution >= 0.6 is 12.2 Å². The van der Waals surface area contributed by atoms with E-state index in [-0.39, 0.29) is 5.91 Å². The number of carbonyl (C=O) groups is 1. The molecule has 0 heterocycles. The lowest BCUT2D eigenvalue weighted by Crippen LogP contribution is -2.34. The molecule has 1 amide bonds. The molecule has 2 N–H and O–H groups in total. The van der Waals surface area contributed by atoms with Gasteiger partial charge in [0.25, 0.3) is 5.91 Å². The van der Waals surface area contributed by atoms with Crippen LogP contribution in [0.2, 0.25) is 0 Å². The number of benzene rings is 2. The van der Waals surface area contributed by atoms with E-state index in [1.165, 1.54) is 18.4 Å². The molecule has 0 radical (unpaired) electrons. The first-order valence-corrected chi connectivity index (χ1v) is 8.69. The molecule has 0 unspecified atom stereocenters. The van der Waals surface area contributed by atoms with Crippen molar-refractivity contribution in [3.8, 4) is 0 Å². The SMILES string of the molecule is CCCCc1ccc(NC(=S)NC(=O)c2ccc(C)c(C)c2)cc1. The summed E-state index contributed by atoms with van der Waals surface area (Å²) in [6.45, 7) is 6.20. The predicted molar refractivity (Wildman–Crippen MR) is 105 cm³/mol. The lowest BCUT2D eigenvalue weighted by atomic mass is 10.1. The smallest absolute Gasteiger partial charge is 0.257 e. The van der Waals surface area contributed by atoms with Crippen molar-refractivity contribution in [1.82, 2.24) is 5.32 Å². The highest BCUT2D eigenvalue weighted by atomic mass is 32.1. The molecule has 0 atom stereocenters. The van der Waals surface area contributed by atoms with Gasteiger partial charge in [-0.2, -0.15) is 0 Å². The summed E-state index contributed by atoms with van der Waals surface area (Å²) in [5, 5.41) is 6.08. The number of rotatable bonds is 5. The third kappa shape index (κ3) is 5.17. The van der Waals surface area contributed by atoms with Crippen molar-refractivity contribution in [2.45, 2.75) is 40.0 Å². The third-order valence-corrected chi connectivity index (χ3v) is 4.23. The lowest BCUT2D eigenvalue weighted by Gasteiger charge is -2.11. The van der Waals surface area contributed by atoms with E-state index in [1.54, 1.807) is 0 Å². The van der Waals surface area contributed by atoms with Crippen LogP contribution < -0.4 is 10.6 Å². The van der Waals surface area contributed by atoms with Crippen molar-refractivity contribution < 1.29 is 4.79 Å². The van der Waals surface area contributed by atoms with E-state index in [0.29, 0.717) is 10.7 Å². The van der Waals surface area contributed by atoms with Crippen LogP contribution in [0.4, 0.5) is 5.69 Å². The van der Waals surface area contributed by atoms with E-state index in [1.807, 2.05) is 44.2 Å². The van der Waals surface area contributed by atoms with Crippen LogP contribution in [0.3, 0.4) is 0 Å². The fourth-order valence-corrected chi connectivity index (χ4v) is 2.57. The fourth-order valence-electron chi connectivity index (χ4n) is 2.36. The highest BCUT2D eigenvalue weighted by Crippen LogP contribution is 2.12. The Morgan fingerprint density at radius 1 is 1.04 bits per heavy atom. The molecule has 0 saturated heterocycles. The van der Waals surface area contributed by atoms with Gasteiger partial charge >= 0.3 is 0 Å². The van der Waals surface area contributed by atoms with Crippen molar-refractivity contribution in [3.63, 3.8) is 0 Å². The molecule has 0 spiro atoms. The topological polar surface area (TPSA) is 41.1 Å². The van der Waals surface area contributed by atoms with Crippen LogP contribution in [0.15, 0.2) is 42.5 Å². The largest absolute Gasteiger partial charge is 0.332 e. The number of carbonyl (C=O) groups excluding carboxylic acids is 1. The first-order valence-electron chi connectivity index (χ1n) is 8.28. The molecule has 2 aromatic rings. The number of hydrogen-bond acceptors (Lipinski definition) is 2. The molecule has 2 rings (SSSR count). The summed E-state index contributed by atoms with van der Waals surface area (Å²) in [6.07, 6.45) is 3.47. The van der Waals surface area contributed by atoms with Crippen molar-refractivity contribution in [3.05, 3.63) is 64.7 Å². The van der Waals surface area contributed by atoms with E-state index in [4.69, 9.17) is 12.2 Å². The second-order valence-electron chi connectivity index (χ2n) is 6.01. The first kappa shape index (κ1) is 18.1. The van der Waals surface area contributed by atoms with Gasteiger partial charge in [0, 0.05) is 11.3 Å². The predicted octanol–water partition coefficient (Wildman–Crippen LogP) is 4.77. The summed E-state index contributed by atoms with van der Waals surface area (Å²) in [7, 11) is 0. The molecular weight excluding hydrogens is 316 g/mol. The minimum Gasteiger partial charge on any atom is -0.332 e. The van der Waals surface area contributed by atoms with E-state index in [9.17, 15) is 4.79 Å². The van der Waals surface area contributed by atoms with Crippen LogP contribution in [-0.2, 0) is 6.42 Å². The maximum atomic E-state index is 12.2. The molecule has 0 aliphatic rings. The molecule has 0 saturated carbocycles. The molecule has 0 bridgehead atoms. The fraction of sp³-hybridized carbons (Fsp3) is 0.300. The zero-order chi connectivity index (χ0) is 17.5. The maximum Gasteiger partial charge on any atom is 0.257 e. The van der Waals surface area contributed by atoms with E-state index in [2.05, 4.69) is 29.7 Å². The van der Waals surface area contributed by atoms with Gasteiger partial charge in [-0.15, -0.1) is 0 Å². The average molecular weight is 340 g/mol. The van der Waals surface area contributed by atoms with Gasteiger partial charge in [0.1, 0.15) is 0 Å². The Morgan fingerprint density at radius 2 is 1.75 bits per heavy atom. The van der Waals surface area contributed by atoms with Crippen LogP contribution in [0, 0.1) is 13.8 Å². The van der Waals surface area contributed by atoms with Crippen molar-refractivity contribution in [2.75, 3.05) is 5.32 Å². The summed E-state index contributed by atoms with van der Waals surface area (Å²) in [5.74, 6) is -0.199. The van der Waals surface area contributed by atoms with Gasteiger partial charge in [-0.05, 0) is 79.9 Å². The summed E-state index contributed by atoms with van der Waals surface area (Å²) < 4.78 is 0. The van der Waals surface area contributed by atoms with Crippen molar-refractivity contribution in [2.24, 2.45) is 0 Å². The Hall–Kier alpha value is -2.20. The molecule has 126 valence electrons. The number of nitrogens with one attached hydrogen (secondary N) is 2. The summed E-state index contributed by atoms with van der Waals surface area (Å²) in [5.41, 5.74) is 5.05. The Morgan fingerprint density at radius 3 is 2.38 bits per heavy atom. The minimum atomic E-state index is -0.199. The van der Waals surface area contributed by atoms with E-state index >= 15 is 0 Å². The van der Waals surface area contributed by atoms with Crippen LogP contribution in [0.1, 0.15) is 46.8 Å². The van der Waals surface area contributed by atoms with Crippen LogP contribution in [0.5, 0.6) is 0 Å². The Bertz CT molecular complexity index is 723. The van der Waals surface area contributed by atoms with Crippen LogP contribution in [0.25, 0.3) is 0 Å². The Labute approximate surface area is 149 Å². The summed E-state index contributed by atoms with van der Waals surface area (Å²) >= 11 is 5.23. The maximum absolute atomic E-state index is 12.2. The van der Waals surface area contributed by atoms with Gasteiger partial charge in [-0.3, -0.25) is 10.1 Å². The van der Waals surface area contributed by atoms with Crippen molar-refractivity contribution >= 4 is 28.9 Å². The zero-order valence-electron chi connectivity index (χ0n) is 14.5. The first-order chi connectivity index (χ1) is 11.5. The lowest BCUT2D eigenvalue weighted by molar-refractivity contribution is 0.0977. The molecule has 3 nitrogen and oxygen atoms in total. The number of unbranched alkanes of at least 4 members (excludes halogenated alkanes) is 1. The second kappa shape index (κ2) is 8.60. The van der Waals surface area contributed by atoms with E-state index in [0.717, 1.165) is 23.2 Å². The third-order valence-electron chi connectivity index (χ3n) is 4.03. The second-order valence-corrected chi connectivity index (χ2v) is 6.42. The van der Waals surface area contributed by atoms with E-state index < -0.39 is 0 Å². The number of anilines is 1. The normalized spacial score (nSPS) is 10.3. The van der Waals surface area contributed by atoms with Gasteiger partial charge in [0.2, 0.25) is 0 Å².